The average molecular weight is 282 g/mol. The number of esters is 1. The molecule has 0 spiro atoms. The van der Waals surface area contributed by atoms with Crippen LogP contribution < -0.4 is 5.73 Å². The lowest BCUT2D eigenvalue weighted by Gasteiger charge is -2.03. The molecule has 0 radical (unpaired) electrons. The molecule has 0 saturated carbocycles. The van der Waals surface area contributed by atoms with Crippen molar-refractivity contribution in [3.63, 3.8) is 0 Å². The molecule has 108 valence electrons. The normalized spacial score (nSPS) is 10.7. The predicted octanol–water partition coefficient (Wildman–Crippen LogP) is 2.67. The van der Waals surface area contributed by atoms with Crippen molar-refractivity contribution in [2.45, 2.75) is 19.8 Å². The molecule has 0 aliphatic carbocycles. The summed E-state index contributed by atoms with van der Waals surface area (Å²) in [6.45, 7) is 2.23. The van der Waals surface area contributed by atoms with Gasteiger partial charge in [-0.25, -0.2) is 9.18 Å². The van der Waals surface area contributed by atoms with Crippen molar-refractivity contribution in [3.8, 4) is 0 Å². The predicted molar refractivity (Wildman–Crippen MR) is 72.4 cm³/mol. The molecule has 6 nitrogen and oxygen atoms in total. The average Bonchev–Trinajstić information content (AvgIpc) is 2.37. The van der Waals surface area contributed by atoms with Crippen LogP contribution in [0.25, 0.3) is 6.08 Å². The molecule has 2 N–H and O–H groups in total. The molecule has 0 aliphatic heterocycles. The van der Waals surface area contributed by atoms with Gasteiger partial charge < -0.3 is 10.5 Å². The SMILES string of the molecule is CCCCOC(=O)/C=C/c1c(N)cc(F)cc1[N+](=O)[O-]. The maximum absolute atomic E-state index is 13.1. The van der Waals surface area contributed by atoms with Crippen LogP contribution >= 0.6 is 0 Å². The Hall–Kier alpha value is -2.44. The van der Waals surface area contributed by atoms with E-state index in [9.17, 15) is 19.3 Å². The van der Waals surface area contributed by atoms with E-state index in [-0.39, 0.29) is 17.9 Å². The van der Waals surface area contributed by atoms with E-state index in [0.29, 0.717) is 0 Å². The van der Waals surface area contributed by atoms with Crippen molar-refractivity contribution in [1.82, 2.24) is 0 Å². The third-order valence-electron chi connectivity index (χ3n) is 2.48. The topological polar surface area (TPSA) is 95.5 Å². The largest absolute Gasteiger partial charge is 0.463 e. The van der Waals surface area contributed by atoms with Crippen molar-refractivity contribution in [3.05, 3.63) is 39.7 Å². The molecular formula is C13H15FN2O4. The third kappa shape index (κ3) is 4.34. The number of halogens is 1. The minimum Gasteiger partial charge on any atom is -0.463 e. The van der Waals surface area contributed by atoms with Crippen molar-refractivity contribution < 1.29 is 18.8 Å². The summed E-state index contributed by atoms with van der Waals surface area (Å²) in [5.74, 6) is -1.44. The van der Waals surface area contributed by atoms with E-state index in [1.54, 1.807) is 0 Å². The first-order valence-electron chi connectivity index (χ1n) is 6.04. The number of nitrogens with two attached hydrogens (primary N) is 1. The molecule has 0 bridgehead atoms. The van der Waals surface area contributed by atoms with Crippen LogP contribution in [-0.4, -0.2) is 17.5 Å². The van der Waals surface area contributed by atoms with E-state index < -0.39 is 22.4 Å². The number of nitro benzene ring substituents is 1. The monoisotopic (exact) mass is 282 g/mol. The minimum absolute atomic E-state index is 0.0242. The number of hydrogen-bond acceptors (Lipinski definition) is 5. The van der Waals surface area contributed by atoms with Crippen LogP contribution in [0.15, 0.2) is 18.2 Å². The van der Waals surface area contributed by atoms with Gasteiger partial charge in [-0.1, -0.05) is 13.3 Å². The molecule has 7 heteroatoms. The quantitative estimate of drug-likeness (QED) is 0.216. The van der Waals surface area contributed by atoms with Crippen LogP contribution in [-0.2, 0) is 9.53 Å². The molecule has 0 amide bonds. The maximum atomic E-state index is 13.1. The van der Waals surface area contributed by atoms with Gasteiger partial charge in [0.25, 0.3) is 5.69 Å². The highest BCUT2D eigenvalue weighted by Crippen LogP contribution is 2.27. The number of anilines is 1. The van der Waals surface area contributed by atoms with Crippen molar-refractivity contribution >= 4 is 23.4 Å². The van der Waals surface area contributed by atoms with Crippen LogP contribution in [0.3, 0.4) is 0 Å². The van der Waals surface area contributed by atoms with Crippen LogP contribution in [0.1, 0.15) is 25.3 Å². The summed E-state index contributed by atoms with van der Waals surface area (Å²) in [7, 11) is 0. The van der Waals surface area contributed by atoms with Crippen LogP contribution in [0.4, 0.5) is 15.8 Å². The second kappa shape index (κ2) is 7.22. The first-order valence-corrected chi connectivity index (χ1v) is 6.04. The van der Waals surface area contributed by atoms with E-state index in [4.69, 9.17) is 10.5 Å². The molecule has 0 heterocycles. The standard InChI is InChI=1S/C13H15FN2O4/c1-2-3-6-20-13(17)5-4-10-11(15)7-9(14)8-12(10)16(18)19/h4-5,7-8H,2-3,6,15H2,1H3/b5-4+. The Kier molecular flexibility index (Phi) is 5.64. The number of nitro groups is 1. The summed E-state index contributed by atoms with van der Waals surface area (Å²) >= 11 is 0. The Morgan fingerprint density at radius 1 is 1.55 bits per heavy atom. The summed E-state index contributed by atoms with van der Waals surface area (Å²) in [4.78, 5) is 21.4. The Bertz CT molecular complexity index is 543. The zero-order valence-corrected chi connectivity index (χ0v) is 11.0. The smallest absolute Gasteiger partial charge is 0.330 e. The van der Waals surface area contributed by atoms with Gasteiger partial charge in [0.1, 0.15) is 5.82 Å². The molecule has 0 aliphatic rings. The van der Waals surface area contributed by atoms with E-state index in [1.807, 2.05) is 6.92 Å². The summed E-state index contributed by atoms with van der Waals surface area (Å²) in [5, 5.41) is 10.8. The van der Waals surface area contributed by atoms with Gasteiger partial charge in [-0.05, 0) is 18.6 Å². The maximum Gasteiger partial charge on any atom is 0.330 e. The second-order valence-corrected chi connectivity index (χ2v) is 4.04. The van der Waals surface area contributed by atoms with Crippen molar-refractivity contribution in [2.75, 3.05) is 12.3 Å². The van der Waals surface area contributed by atoms with Crippen LogP contribution in [0.5, 0.6) is 0 Å². The van der Waals surface area contributed by atoms with Gasteiger partial charge in [0.05, 0.1) is 23.2 Å². The fourth-order valence-corrected chi connectivity index (χ4v) is 1.47. The molecule has 0 unspecified atom stereocenters. The lowest BCUT2D eigenvalue weighted by atomic mass is 10.1. The molecule has 0 atom stereocenters. The number of hydrogen-bond donors (Lipinski definition) is 1. The molecule has 1 aromatic rings. The number of carbonyl (C=O) groups is 1. The van der Waals surface area contributed by atoms with Gasteiger partial charge in [0.15, 0.2) is 0 Å². The molecule has 0 saturated heterocycles. The van der Waals surface area contributed by atoms with Crippen molar-refractivity contribution in [1.29, 1.82) is 0 Å². The minimum atomic E-state index is -0.808. The van der Waals surface area contributed by atoms with Crippen LogP contribution in [0.2, 0.25) is 0 Å². The van der Waals surface area contributed by atoms with Crippen molar-refractivity contribution in [2.24, 2.45) is 0 Å². The van der Waals surface area contributed by atoms with Crippen LogP contribution in [0, 0.1) is 15.9 Å². The zero-order valence-electron chi connectivity index (χ0n) is 11.0. The van der Waals surface area contributed by atoms with Gasteiger partial charge in [-0.15, -0.1) is 0 Å². The summed E-state index contributed by atoms with van der Waals surface area (Å²) < 4.78 is 17.9. The lowest BCUT2D eigenvalue weighted by molar-refractivity contribution is -0.385. The fourth-order valence-electron chi connectivity index (χ4n) is 1.47. The van der Waals surface area contributed by atoms with E-state index in [0.717, 1.165) is 37.1 Å². The molecule has 1 rings (SSSR count). The number of nitrogens with zero attached hydrogens (tertiary/aromatic N) is 1. The van der Waals surface area contributed by atoms with E-state index in [1.165, 1.54) is 0 Å². The molecule has 1 aromatic carbocycles. The zero-order chi connectivity index (χ0) is 15.1. The van der Waals surface area contributed by atoms with Gasteiger partial charge in [0, 0.05) is 11.8 Å². The highest BCUT2D eigenvalue weighted by atomic mass is 19.1. The van der Waals surface area contributed by atoms with Gasteiger partial charge in [0.2, 0.25) is 0 Å². The number of benzene rings is 1. The molecule has 0 aromatic heterocycles. The fraction of sp³-hybridized carbons (Fsp3) is 0.308. The highest BCUT2D eigenvalue weighted by molar-refractivity contribution is 5.89. The first-order chi connectivity index (χ1) is 9.45. The second-order valence-electron chi connectivity index (χ2n) is 4.04. The Morgan fingerprint density at radius 3 is 2.85 bits per heavy atom. The van der Waals surface area contributed by atoms with Gasteiger partial charge in [-0.3, -0.25) is 10.1 Å². The number of ether oxygens (including phenoxy) is 1. The highest BCUT2D eigenvalue weighted by Gasteiger charge is 2.16. The molecular weight excluding hydrogens is 267 g/mol. The molecule has 20 heavy (non-hydrogen) atoms. The third-order valence-corrected chi connectivity index (χ3v) is 2.48. The molecule has 0 fully saturated rings. The lowest BCUT2D eigenvalue weighted by Crippen LogP contribution is -2.03. The van der Waals surface area contributed by atoms with E-state index in [2.05, 4.69) is 0 Å². The Labute approximate surface area is 115 Å². The van der Waals surface area contributed by atoms with Gasteiger partial charge >= 0.3 is 5.97 Å². The van der Waals surface area contributed by atoms with Gasteiger partial charge in [-0.2, -0.15) is 0 Å². The summed E-state index contributed by atoms with van der Waals surface area (Å²) in [6, 6.07) is 1.70. The first kappa shape index (κ1) is 15.6. The summed E-state index contributed by atoms with van der Waals surface area (Å²) in [6.07, 6.45) is 3.80. The number of unbranched alkanes of at least 4 members (excludes halogenated alkanes) is 1. The van der Waals surface area contributed by atoms with E-state index >= 15 is 0 Å². The number of rotatable bonds is 6. The number of carbonyl (C=O) groups excluding carboxylic acids is 1. The Balaban J connectivity index is 2.91. The Morgan fingerprint density at radius 2 is 2.25 bits per heavy atom. The number of nitrogen functional groups attached to an aromatic ring is 1. The summed E-state index contributed by atoms with van der Waals surface area (Å²) in [5.41, 5.74) is 4.88.